The summed E-state index contributed by atoms with van der Waals surface area (Å²) in [5.41, 5.74) is 1.53. The fourth-order valence-electron chi connectivity index (χ4n) is 2.80. The van der Waals surface area contributed by atoms with Gasteiger partial charge in [0.05, 0.1) is 29.5 Å². The number of amides is 2. The summed E-state index contributed by atoms with van der Waals surface area (Å²) in [4.78, 5) is 39.8. The van der Waals surface area contributed by atoms with E-state index >= 15 is 0 Å². The van der Waals surface area contributed by atoms with Crippen molar-refractivity contribution < 1.29 is 24.1 Å². The number of nitro benzene ring substituents is 1. The third-order valence-electron chi connectivity index (χ3n) is 4.38. The largest absolute Gasteiger partial charge is 0.495 e. The molecule has 10 nitrogen and oxygen atoms in total. The zero-order chi connectivity index (χ0) is 23.6. The highest BCUT2D eigenvalue weighted by molar-refractivity contribution is 6.05. The Hall–Kier alpha value is -4.73. The van der Waals surface area contributed by atoms with Crippen molar-refractivity contribution in [2.75, 3.05) is 24.4 Å². The van der Waals surface area contributed by atoms with Crippen LogP contribution < -0.4 is 15.4 Å². The SMILES string of the molecule is COc1ccccc1NC(=O)c1ccc(NC(=O)CO/N=C/c2ccccc2[N+](=O)[O-])cc1. The van der Waals surface area contributed by atoms with Gasteiger partial charge in [-0.3, -0.25) is 19.7 Å². The van der Waals surface area contributed by atoms with Crippen molar-refractivity contribution in [1.82, 2.24) is 0 Å². The molecule has 0 fully saturated rings. The number of nitrogens with zero attached hydrogens (tertiary/aromatic N) is 2. The summed E-state index contributed by atoms with van der Waals surface area (Å²) in [7, 11) is 1.52. The van der Waals surface area contributed by atoms with E-state index in [9.17, 15) is 19.7 Å². The van der Waals surface area contributed by atoms with Gasteiger partial charge in [-0.05, 0) is 42.5 Å². The molecule has 0 aliphatic carbocycles. The third kappa shape index (κ3) is 6.37. The van der Waals surface area contributed by atoms with E-state index in [0.29, 0.717) is 22.7 Å². The van der Waals surface area contributed by atoms with E-state index in [4.69, 9.17) is 9.57 Å². The first kappa shape index (κ1) is 22.9. The first-order valence-corrected chi connectivity index (χ1v) is 9.71. The van der Waals surface area contributed by atoms with Crippen LogP contribution in [0.25, 0.3) is 0 Å². The van der Waals surface area contributed by atoms with Crippen LogP contribution in [0.1, 0.15) is 15.9 Å². The standard InChI is InChI=1S/C23H20N4O6/c1-32-21-9-5-3-7-19(21)26-23(29)16-10-12-18(13-11-16)25-22(28)15-33-24-14-17-6-2-4-8-20(17)27(30)31/h2-14H,15H2,1H3,(H,25,28)(H,26,29)/b24-14+. The molecule has 2 N–H and O–H groups in total. The lowest BCUT2D eigenvalue weighted by Crippen LogP contribution is -2.17. The minimum atomic E-state index is -0.533. The van der Waals surface area contributed by atoms with Gasteiger partial charge in [-0.15, -0.1) is 0 Å². The Bertz CT molecular complexity index is 1180. The maximum Gasteiger partial charge on any atom is 0.278 e. The maximum absolute atomic E-state index is 12.4. The number of nitro groups is 1. The molecule has 0 saturated heterocycles. The number of rotatable bonds is 9. The predicted molar refractivity (Wildman–Crippen MR) is 123 cm³/mol. The molecule has 168 valence electrons. The minimum Gasteiger partial charge on any atom is -0.495 e. The van der Waals surface area contributed by atoms with Crippen LogP contribution >= 0.6 is 0 Å². The molecule has 0 aliphatic heterocycles. The van der Waals surface area contributed by atoms with Gasteiger partial charge < -0.3 is 20.2 Å². The second kappa shape index (κ2) is 11.0. The monoisotopic (exact) mass is 448 g/mol. The number of nitrogens with one attached hydrogen (secondary N) is 2. The van der Waals surface area contributed by atoms with Gasteiger partial charge in [0.25, 0.3) is 17.5 Å². The van der Waals surface area contributed by atoms with Crippen LogP contribution in [0.15, 0.2) is 78.0 Å². The van der Waals surface area contributed by atoms with Crippen molar-refractivity contribution in [1.29, 1.82) is 0 Å². The quantitative estimate of drug-likeness (QED) is 0.290. The number of hydrogen-bond acceptors (Lipinski definition) is 7. The van der Waals surface area contributed by atoms with Crippen LogP contribution in [-0.2, 0) is 9.63 Å². The van der Waals surface area contributed by atoms with Crippen LogP contribution in [0.4, 0.5) is 17.1 Å². The lowest BCUT2D eigenvalue weighted by molar-refractivity contribution is -0.385. The molecule has 0 radical (unpaired) electrons. The van der Waals surface area contributed by atoms with Gasteiger partial charge in [0.2, 0.25) is 0 Å². The Morgan fingerprint density at radius 1 is 1.00 bits per heavy atom. The summed E-state index contributed by atoms with van der Waals surface area (Å²) in [6.07, 6.45) is 1.17. The Labute approximate surface area is 189 Å². The number of anilines is 2. The molecule has 10 heteroatoms. The number of carbonyl (C=O) groups is 2. The molecule has 0 spiro atoms. The number of ether oxygens (including phenoxy) is 1. The van der Waals surface area contributed by atoms with Crippen LogP contribution in [0.3, 0.4) is 0 Å². The predicted octanol–water partition coefficient (Wildman–Crippen LogP) is 3.84. The van der Waals surface area contributed by atoms with Crippen molar-refractivity contribution in [3.8, 4) is 5.75 Å². The van der Waals surface area contributed by atoms with E-state index < -0.39 is 17.4 Å². The lowest BCUT2D eigenvalue weighted by atomic mass is 10.2. The zero-order valence-electron chi connectivity index (χ0n) is 17.6. The Morgan fingerprint density at radius 2 is 1.70 bits per heavy atom. The van der Waals surface area contributed by atoms with Gasteiger partial charge >= 0.3 is 0 Å². The molecule has 3 aromatic rings. The summed E-state index contributed by atoms with van der Waals surface area (Å²) in [5, 5.41) is 19.9. The average molecular weight is 448 g/mol. The highest BCUT2D eigenvalue weighted by Crippen LogP contribution is 2.24. The van der Waals surface area contributed by atoms with Crippen molar-refractivity contribution >= 4 is 35.1 Å². The molecule has 2 amide bonds. The maximum atomic E-state index is 12.4. The van der Waals surface area contributed by atoms with E-state index in [0.717, 1.165) is 0 Å². The van der Waals surface area contributed by atoms with Gasteiger partial charge in [0.1, 0.15) is 5.75 Å². The number of para-hydroxylation sites is 3. The fraction of sp³-hybridized carbons (Fsp3) is 0.0870. The van der Waals surface area contributed by atoms with Crippen LogP contribution in [0.2, 0.25) is 0 Å². The molecule has 33 heavy (non-hydrogen) atoms. The molecule has 0 unspecified atom stereocenters. The number of oxime groups is 1. The van der Waals surface area contributed by atoms with Gasteiger partial charge in [-0.1, -0.05) is 29.4 Å². The van der Waals surface area contributed by atoms with Gasteiger partial charge in [-0.2, -0.15) is 0 Å². The number of carbonyl (C=O) groups excluding carboxylic acids is 2. The molecule has 0 saturated carbocycles. The normalized spacial score (nSPS) is 10.5. The summed E-state index contributed by atoms with van der Waals surface area (Å²) in [6.45, 7) is -0.396. The Kier molecular flexibility index (Phi) is 7.68. The fourth-order valence-corrected chi connectivity index (χ4v) is 2.80. The highest BCUT2D eigenvalue weighted by Gasteiger charge is 2.11. The van der Waals surface area contributed by atoms with Crippen molar-refractivity contribution in [3.05, 3.63) is 94.0 Å². The van der Waals surface area contributed by atoms with E-state index in [1.54, 1.807) is 54.6 Å². The van der Waals surface area contributed by atoms with Crippen molar-refractivity contribution in [2.24, 2.45) is 5.16 Å². The third-order valence-corrected chi connectivity index (χ3v) is 4.38. The number of methoxy groups -OCH3 is 1. The summed E-state index contributed by atoms with van der Waals surface area (Å²) in [6, 6.07) is 19.3. The van der Waals surface area contributed by atoms with Gasteiger partial charge in [0, 0.05) is 17.3 Å². The second-order valence-corrected chi connectivity index (χ2v) is 6.60. The summed E-state index contributed by atoms with van der Waals surface area (Å²) >= 11 is 0. The molecule has 3 rings (SSSR count). The van der Waals surface area contributed by atoms with Crippen LogP contribution in [-0.4, -0.2) is 36.7 Å². The first-order valence-electron chi connectivity index (χ1n) is 9.71. The molecule has 0 bridgehead atoms. The molecule has 0 aromatic heterocycles. The number of hydrogen-bond donors (Lipinski definition) is 2. The van der Waals surface area contributed by atoms with Gasteiger partial charge in [0.15, 0.2) is 6.61 Å². The first-order chi connectivity index (χ1) is 16.0. The van der Waals surface area contributed by atoms with Gasteiger partial charge in [-0.25, -0.2) is 0 Å². The Morgan fingerprint density at radius 3 is 2.42 bits per heavy atom. The summed E-state index contributed by atoms with van der Waals surface area (Å²) < 4.78 is 5.21. The second-order valence-electron chi connectivity index (χ2n) is 6.60. The molecule has 0 aliphatic rings. The average Bonchev–Trinajstić information content (AvgIpc) is 2.82. The minimum absolute atomic E-state index is 0.121. The molecular formula is C23H20N4O6. The lowest BCUT2D eigenvalue weighted by Gasteiger charge is -2.10. The molecular weight excluding hydrogens is 428 g/mol. The molecule has 3 aromatic carbocycles. The number of benzene rings is 3. The van der Waals surface area contributed by atoms with Crippen molar-refractivity contribution in [3.63, 3.8) is 0 Å². The van der Waals surface area contributed by atoms with E-state index in [2.05, 4.69) is 15.8 Å². The van der Waals surface area contributed by atoms with E-state index in [1.165, 1.54) is 31.5 Å². The highest BCUT2D eigenvalue weighted by atomic mass is 16.6. The zero-order valence-corrected chi connectivity index (χ0v) is 17.6. The van der Waals surface area contributed by atoms with Crippen LogP contribution in [0.5, 0.6) is 5.75 Å². The smallest absolute Gasteiger partial charge is 0.278 e. The summed E-state index contributed by atoms with van der Waals surface area (Å²) in [5.74, 6) is -0.273. The molecule has 0 atom stereocenters. The molecule has 0 heterocycles. The Balaban J connectivity index is 1.51. The van der Waals surface area contributed by atoms with E-state index in [-0.39, 0.29) is 17.2 Å². The van der Waals surface area contributed by atoms with E-state index in [1.807, 2.05) is 0 Å². The van der Waals surface area contributed by atoms with Crippen LogP contribution in [0, 0.1) is 10.1 Å². The van der Waals surface area contributed by atoms with Crippen molar-refractivity contribution in [2.45, 2.75) is 0 Å². The topological polar surface area (TPSA) is 132 Å².